The molecule has 1 fully saturated rings. The molecule has 2 rings (SSSR count). The second kappa shape index (κ2) is 5.19. The van der Waals surface area contributed by atoms with Crippen LogP contribution in [-0.2, 0) is 0 Å². The first-order chi connectivity index (χ1) is 8.90. The quantitative estimate of drug-likeness (QED) is 0.890. The molecule has 2 heterocycles. The van der Waals surface area contributed by atoms with E-state index in [0.29, 0.717) is 23.4 Å². The predicted molar refractivity (Wildman–Crippen MR) is 75.7 cm³/mol. The van der Waals surface area contributed by atoms with Gasteiger partial charge in [0.2, 0.25) is 0 Å². The summed E-state index contributed by atoms with van der Waals surface area (Å²) in [5, 5.41) is 9.34. The molecule has 0 spiro atoms. The molecule has 3 atom stereocenters. The van der Waals surface area contributed by atoms with E-state index in [0.717, 1.165) is 17.9 Å². The average Bonchev–Trinajstić information content (AvgIpc) is 2.33. The van der Waals surface area contributed by atoms with Gasteiger partial charge in [0.05, 0.1) is 5.69 Å². The molecule has 4 heteroatoms. The summed E-state index contributed by atoms with van der Waals surface area (Å²) in [7, 11) is 0. The van der Waals surface area contributed by atoms with Crippen molar-refractivity contribution in [2.24, 2.45) is 11.8 Å². The first kappa shape index (κ1) is 13.8. The summed E-state index contributed by atoms with van der Waals surface area (Å²) in [4.78, 5) is 17.7. The number of pyridine rings is 1. The van der Waals surface area contributed by atoms with Crippen LogP contribution >= 0.6 is 0 Å². The molecule has 1 aliphatic rings. The minimum Gasteiger partial charge on any atom is -0.478 e. The lowest BCUT2D eigenvalue weighted by molar-refractivity contribution is 0.0696. The SMILES string of the molecule is Cc1cc(N2CC(C)CC(C)C2C)c(C(=O)O)cn1. The molecule has 3 unspecified atom stereocenters. The number of carbonyl (C=O) groups is 1. The molecule has 1 aromatic rings. The molecule has 104 valence electrons. The first-order valence-corrected chi connectivity index (χ1v) is 6.86. The van der Waals surface area contributed by atoms with Gasteiger partial charge in [0, 0.05) is 24.5 Å². The number of carboxylic acid groups (broad SMARTS) is 1. The number of rotatable bonds is 2. The Morgan fingerprint density at radius 3 is 2.74 bits per heavy atom. The highest BCUT2D eigenvalue weighted by molar-refractivity contribution is 5.94. The normalized spacial score (nSPS) is 27.4. The van der Waals surface area contributed by atoms with Crippen molar-refractivity contribution in [3.63, 3.8) is 0 Å². The molecule has 0 aromatic carbocycles. The summed E-state index contributed by atoms with van der Waals surface area (Å²) in [6.07, 6.45) is 2.67. The Kier molecular flexibility index (Phi) is 3.78. The molecule has 1 saturated heterocycles. The number of aryl methyl sites for hydroxylation is 1. The third-order valence-electron chi connectivity index (χ3n) is 4.16. The number of carboxylic acids is 1. The number of aromatic nitrogens is 1. The van der Waals surface area contributed by atoms with Crippen molar-refractivity contribution in [3.8, 4) is 0 Å². The van der Waals surface area contributed by atoms with E-state index in [9.17, 15) is 9.90 Å². The van der Waals surface area contributed by atoms with Gasteiger partial charge < -0.3 is 10.0 Å². The Labute approximate surface area is 114 Å². The summed E-state index contributed by atoms with van der Waals surface area (Å²) in [6, 6.07) is 2.25. The fourth-order valence-electron chi connectivity index (χ4n) is 2.98. The number of piperidine rings is 1. The van der Waals surface area contributed by atoms with Crippen LogP contribution in [0.15, 0.2) is 12.3 Å². The molecular formula is C15H22N2O2. The van der Waals surface area contributed by atoms with E-state index >= 15 is 0 Å². The third kappa shape index (κ3) is 2.72. The van der Waals surface area contributed by atoms with E-state index < -0.39 is 5.97 Å². The molecule has 1 N–H and O–H groups in total. The van der Waals surface area contributed by atoms with Crippen molar-refractivity contribution < 1.29 is 9.90 Å². The lowest BCUT2D eigenvalue weighted by atomic mass is 9.85. The van der Waals surface area contributed by atoms with Crippen LogP contribution in [-0.4, -0.2) is 28.6 Å². The minimum atomic E-state index is -0.902. The topological polar surface area (TPSA) is 53.4 Å². The zero-order valence-electron chi connectivity index (χ0n) is 12.1. The Hall–Kier alpha value is -1.58. The van der Waals surface area contributed by atoms with Crippen LogP contribution in [0.2, 0.25) is 0 Å². The van der Waals surface area contributed by atoms with Crippen molar-refractivity contribution in [2.75, 3.05) is 11.4 Å². The Bertz CT molecular complexity index is 487. The second-order valence-electron chi connectivity index (χ2n) is 5.86. The summed E-state index contributed by atoms with van der Waals surface area (Å²) in [6.45, 7) is 9.45. The highest BCUT2D eigenvalue weighted by Gasteiger charge is 2.31. The van der Waals surface area contributed by atoms with Crippen LogP contribution in [0.5, 0.6) is 0 Å². The van der Waals surface area contributed by atoms with Gasteiger partial charge in [-0.25, -0.2) is 4.79 Å². The van der Waals surface area contributed by atoms with Gasteiger partial charge >= 0.3 is 5.97 Å². The van der Waals surface area contributed by atoms with Gasteiger partial charge in [-0.3, -0.25) is 4.98 Å². The van der Waals surface area contributed by atoms with Crippen LogP contribution in [0.25, 0.3) is 0 Å². The van der Waals surface area contributed by atoms with Gasteiger partial charge in [0.1, 0.15) is 5.56 Å². The van der Waals surface area contributed by atoms with Crippen molar-refractivity contribution in [3.05, 3.63) is 23.5 Å². The minimum absolute atomic E-state index is 0.304. The number of nitrogens with zero attached hydrogens (tertiary/aromatic N) is 2. The van der Waals surface area contributed by atoms with E-state index in [4.69, 9.17) is 0 Å². The molecule has 19 heavy (non-hydrogen) atoms. The fourth-order valence-corrected chi connectivity index (χ4v) is 2.98. The van der Waals surface area contributed by atoms with Gasteiger partial charge in [-0.2, -0.15) is 0 Å². The zero-order chi connectivity index (χ0) is 14.2. The molecule has 0 radical (unpaired) electrons. The van der Waals surface area contributed by atoms with E-state index in [1.54, 1.807) is 0 Å². The molecule has 0 aliphatic carbocycles. The summed E-state index contributed by atoms with van der Waals surface area (Å²) < 4.78 is 0. The van der Waals surface area contributed by atoms with Gasteiger partial charge in [-0.15, -0.1) is 0 Å². The molecule has 0 bridgehead atoms. The van der Waals surface area contributed by atoms with E-state index in [1.807, 2.05) is 13.0 Å². The Morgan fingerprint density at radius 2 is 2.11 bits per heavy atom. The van der Waals surface area contributed by atoms with Crippen LogP contribution < -0.4 is 4.90 Å². The van der Waals surface area contributed by atoms with E-state index in [1.165, 1.54) is 12.6 Å². The lowest BCUT2D eigenvalue weighted by Gasteiger charge is -2.43. The van der Waals surface area contributed by atoms with Crippen LogP contribution in [0, 0.1) is 18.8 Å². The maximum Gasteiger partial charge on any atom is 0.339 e. The van der Waals surface area contributed by atoms with Gasteiger partial charge in [-0.1, -0.05) is 13.8 Å². The number of hydrogen-bond acceptors (Lipinski definition) is 3. The second-order valence-corrected chi connectivity index (χ2v) is 5.86. The lowest BCUT2D eigenvalue weighted by Crippen LogP contribution is -2.46. The molecule has 1 aliphatic heterocycles. The van der Waals surface area contributed by atoms with Gasteiger partial charge in [0.15, 0.2) is 0 Å². The van der Waals surface area contributed by atoms with E-state index in [2.05, 4.69) is 30.7 Å². The van der Waals surface area contributed by atoms with Crippen molar-refractivity contribution in [1.29, 1.82) is 0 Å². The maximum absolute atomic E-state index is 11.4. The largest absolute Gasteiger partial charge is 0.478 e. The summed E-state index contributed by atoms with van der Waals surface area (Å²) in [5.74, 6) is 0.251. The highest BCUT2D eigenvalue weighted by Crippen LogP contribution is 2.33. The third-order valence-corrected chi connectivity index (χ3v) is 4.16. The number of aromatic carboxylic acids is 1. The predicted octanol–water partition coefficient (Wildman–Crippen LogP) is 2.96. The summed E-state index contributed by atoms with van der Waals surface area (Å²) >= 11 is 0. The fraction of sp³-hybridized carbons (Fsp3) is 0.600. The average molecular weight is 262 g/mol. The van der Waals surface area contributed by atoms with Crippen molar-refractivity contribution in [1.82, 2.24) is 4.98 Å². The Balaban J connectivity index is 2.44. The molecule has 0 amide bonds. The smallest absolute Gasteiger partial charge is 0.339 e. The van der Waals surface area contributed by atoms with Crippen molar-refractivity contribution >= 4 is 11.7 Å². The summed E-state index contributed by atoms with van der Waals surface area (Å²) in [5.41, 5.74) is 1.97. The van der Waals surface area contributed by atoms with Crippen LogP contribution in [0.4, 0.5) is 5.69 Å². The monoisotopic (exact) mass is 262 g/mol. The molecule has 1 aromatic heterocycles. The first-order valence-electron chi connectivity index (χ1n) is 6.86. The number of anilines is 1. The highest BCUT2D eigenvalue weighted by atomic mass is 16.4. The van der Waals surface area contributed by atoms with Gasteiger partial charge in [0.25, 0.3) is 0 Å². The van der Waals surface area contributed by atoms with E-state index in [-0.39, 0.29) is 0 Å². The number of hydrogen-bond donors (Lipinski definition) is 1. The maximum atomic E-state index is 11.4. The standard InChI is InChI=1S/C15H22N2O2/c1-9-5-10(2)12(4)17(8-9)14-6-11(3)16-7-13(14)15(18)19/h6-7,9-10,12H,5,8H2,1-4H3,(H,18,19). The van der Waals surface area contributed by atoms with Gasteiger partial charge in [-0.05, 0) is 38.2 Å². The van der Waals surface area contributed by atoms with Crippen molar-refractivity contribution in [2.45, 2.75) is 40.2 Å². The zero-order valence-corrected chi connectivity index (χ0v) is 12.1. The Morgan fingerprint density at radius 1 is 1.42 bits per heavy atom. The molecule has 4 nitrogen and oxygen atoms in total. The molecule has 0 saturated carbocycles. The molecular weight excluding hydrogens is 240 g/mol. The van der Waals surface area contributed by atoms with Crippen LogP contribution in [0.1, 0.15) is 43.2 Å². The van der Waals surface area contributed by atoms with Crippen LogP contribution in [0.3, 0.4) is 0 Å².